The van der Waals surface area contributed by atoms with Crippen molar-refractivity contribution in [3.05, 3.63) is 71.3 Å². The lowest BCUT2D eigenvalue weighted by Gasteiger charge is -2.12. The van der Waals surface area contributed by atoms with E-state index in [1.54, 1.807) is 12.1 Å². The second kappa shape index (κ2) is 30.8. The van der Waals surface area contributed by atoms with Gasteiger partial charge in [-0.2, -0.15) is 0 Å². The number of allylic oxidation sites excluding steroid dienone is 1. The summed E-state index contributed by atoms with van der Waals surface area (Å²) in [5.41, 5.74) is 10.6. The maximum atomic E-state index is 12.8. The van der Waals surface area contributed by atoms with Gasteiger partial charge in [0.05, 0.1) is 0 Å². The van der Waals surface area contributed by atoms with Crippen LogP contribution in [0.4, 0.5) is 5.69 Å². The smallest absolute Gasteiger partial charge is 0.193 e. The van der Waals surface area contributed by atoms with Crippen LogP contribution in [0.15, 0.2) is 49.0 Å². The van der Waals surface area contributed by atoms with Gasteiger partial charge in [-0.25, -0.2) is 0 Å². The number of hydrogen-bond acceptors (Lipinski definition) is 2. The molecule has 0 saturated carbocycles. The Balaban J connectivity index is -0.000000175. The van der Waals surface area contributed by atoms with Crippen molar-refractivity contribution in [3.63, 3.8) is 0 Å². The number of rotatable bonds is 4. The number of aryl methyl sites for hydroxylation is 1. The van der Waals surface area contributed by atoms with Crippen LogP contribution in [-0.4, -0.2) is 5.78 Å². The van der Waals surface area contributed by atoms with Crippen molar-refractivity contribution >= 4 is 17.0 Å². The normalized spacial score (nSPS) is 7.56. The van der Waals surface area contributed by atoms with Crippen molar-refractivity contribution in [3.8, 4) is 0 Å². The Kier molecular flexibility index (Phi) is 38.6. The van der Waals surface area contributed by atoms with Gasteiger partial charge in [0.1, 0.15) is 0 Å². The van der Waals surface area contributed by atoms with Crippen molar-refractivity contribution in [1.82, 2.24) is 0 Å². The molecule has 2 aromatic rings. The molecule has 2 nitrogen and oxygen atoms in total. The minimum absolute atomic E-state index is 0.0282. The van der Waals surface area contributed by atoms with Crippen LogP contribution in [0.2, 0.25) is 0 Å². The fraction of sp³-hybridized carbons (Fsp3) is 0.500. The highest BCUT2D eigenvalue weighted by molar-refractivity contribution is 6.12. The molecule has 0 fully saturated rings. The second-order valence-electron chi connectivity index (χ2n) is 4.93. The van der Waals surface area contributed by atoms with Gasteiger partial charge in [0.2, 0.25) is 0 Å². The standard InChI is InChI=1S/C18H19NO.6C2H6/c1-4-13-7-5-6-8-15(13)18(20)16-10-9-14(19)11-17(16)12(2)3;6*1-2/h5-11H,2,4,19H2,1,3H3;6*1-2H3. The first-order valence-corrected chi connectivity index (χ1v) is 12.7. The molecule has 0 saturated heterocycles. The summed E-state index contributed by atoms with van der Waals surface area (Å²) in [6.07, 6.45) is 0.833. The van der Waals surface area contributed by atoms with E-state index >= 15 is 0 Å². The maximum absolute atomic E-state index is 12.8. The first-order chi connectivity index (χ1) is 15.5. The van der Waals surface area contributed by atoms with Gasteiger partial charge in [-0.15, -0.1) is 0 Å². The first kappa shape index (κ1) is 40.1. The molecule has 2 heteroatoms. The van der Waals surface area contributed by atoms with Gasteiger partial charge in [-0.1, -0.05) is 126 Å². The van der Waals surface area contributed by atoms with Gasteiger partial charge < -0.3 is 5.73 Å². The predicted molar refractivity (Wildman–Crippen MR) is 153 cm³/mol. The fourth-order valence-electron chi connectivity index (χ4n) is 2.31. The Morgan fingerprint density at radius 2 is 1.16 bits per heavy atom. The molecule has 2 aromatic carbocycles. The van der Waals surface area contributed by atoms with Crippen LogP contribution >= 0.6 is 0 Å². The molecule has 0 aliphatic heterocycles. The van der Waals surface area contributed by atoms with Crippen molar-refractivity contribution in [1.29, 1.82) is 0 Å². The summed E-state index contributed by atoms with van der Waals surface area (Å²) >= 11 is 0. The van der Waals surface area contributed by atoms with Gasteiger partial charge in [0.15, 0.2) is 5.78 Å². The van der Waals surface area contributed by atoms with E-state index in [0.29, 0.717) is 11.3 Å². The average Bonchev–Trinajstić information content (AvgIpc) is 2.90. The third-order valence-electron chi connectivity index (χ3n) is 3.39. The Hall–Kier alpha value is -2.35. The molecule has 2 rings (SSSR count). The number of benzene rings is 2. The van der Waals surface area contributed by atoms with Crippen LogP contribution in [0.5, 0.6) is 0 Å². The Morgan fingerprint density at radius 1 is 0.719 bits per heavy atom. The molecule has 0 radical (unpaired) electrons. The number of hydrogen-bond donors (Lipinski definition) is 1. The zero-order valence-corrected chi connectivity index (χ0v) is 23.9. The highest BCUT2D eigenvalue weighted by Gasteiger charge is 2.16. The zero-order valence-electron chi connectivity index (χ0n) is 23.9. The molecule has 0 bridgehead atoms. The first-order valence-electron chi connectivity index (χ1n) is 12.7. The molecule has 2 N–H and O–H groups in total. The number of ketones is 1. The maximum Gasteiger partial charge on any atom is 0.193 e. The van der Waals surface area contributed by atoms with Crippen LogP contribution < -0.4 is 5.73 Å². The summed E-state index contributed by atoms with van der Waals surface area (Å²) in [7, 11) is 0. The zero-order chi connectivity index (χ0) is 26.7. The summed E-state index contributed by atoms with van der Waals surface area (Å²) in [5, 5.41) is 0. The van der Waals surface area contributed by atoms with E-state index in [0.717, 1.165) is 28.7 Å². The van der Waals surface area contributed by atoms with Gasteiger partial charge >= 0.3 is 0 Å². The van der Waals surface area contributed by atoms with E-state index in [2.05, 4.69) is 13.5 Å². The summed E-state index contributed by atoms with van der Waals surface area (Å²) < 4.78 is 0. The molecular formula is C30H55NO. The monoisotopic (exact) mass is 445 g/mol. The quantitative estimate of drug-likeness (QED) is 0.375. The number of nitrogen functional groups attached to an aromatic ring is 1. The van der Waals surface area contributed by atoms with E-state index in [9.17, 15) is 4.79 Å². The third kappa shape index (κ3) is 15.5. The Bertz CT molecular complexity index is 672. The third-order valence-corrected chi connectivity index (χ3v) is 3.39. The number of anilines is 1. The van der Waals surface area contributed by atoms with Crippen LogP contribution in [0.1, 0.15) is 124 Å². The van der Waals surface area contributed by atoms with Crippen molar-refractivity contribution in [2.75, 3.05) is 5.73 Å². The van der Waals surface area contributed by atoms with Crippen molar-refractivity contribution < 1.29 is 4.79 Å². The van der Waals surface area contributed by atoms with Crippen LogP contribution in [-0.2, 0) is 6.42 Å². The molecule has 0 amide bonds. The molecule has 32 heavy (non-hydrogen) atoms. The van der Waals surface area contributed by atoms with Crippen LogP contribution in [0.3, 0.4) is 0 Å². The second-order valence-corrected chi connectivity index (χ2v) is 4.93. The average molecular weight is 446 g/mol. The summed E-state index contributed by atoms with van der Waals surface area (Å²) in [4.78, 5) is 12.8. The molecule has 0 atom stereocenters. The number of nitrogens with two attached hydrogens (primary N) is 1. The molecule has 0 aliphatic rings. The highest BCUT2D eigenvalue weighted by Crippen LogP contribution is 2.24. The summed E-state index contributed by atoms with van der Waals surface area (Å²) in [6.45, 7) is 31.9. The van der Waals surface area contributed by atoms with E-state index < -0.39 is 0 Å². The van der Waals surface area contributed by atoms with E-state index in [1.807, 2.05) is 120 Å². The number of carbonyl (C=O) groups is 1. The van der Waals surface area contributed by atoms with Crippen molar-refractivity contribution in [2.24, 2.45) is 0 Å². The Morgan fingerprint density at radius 3 is 1.56 bits per heavy atom. The van der Waals surface area contributed by atoms with Crippen molar-refractivity contribution in [2.45, 2.75) is 103 Å². The molecule has 186 valence electrons. The summed E-state index contributed by atoms with van der Waals surface area (Å²) in [5.74, 6) is 0.0282. The lowest BCUT2D eigenvalue weighted by atomic mass is 9.92. The van der Waals surface area contributed by atoms with Gasteiger partial charge in [0, 0.05) is 16.8 Å². The molecule has 0 unspecified atom stereocenters. The van der Waals surface area contributed by atoms with E-state index in [-0.39, 0.29) is 5.78 Å². The molecule has 0 aliphatic carbocycles. The van der Waals surface area contributed by atoms with E-state index in [4.69, 9.17) is 5.73 Å². The highest BCUT2D eigenvalue weighted by atomic mass is 16.1. The van der Waals surface area contributed by atoms with Crippen LogP contribution in [0.25, 0.3) is 5.57 Å². The van der Waals surface area contributed by atoms with Crippen LogP contribution in [0, 0.1) is 0 Å². The molecule has 0 heterocycles. The largest absolute Gasteiger partial charge is 0.399 e. The van der Waals surface area contributed by atoms with E-state index in [1.165, 1.54) is 0 Å². The van der Waals surface area contributed by atoms with Gasteiger partial charge in [0.25, 0.3) is 0 Å². The number of carbonyl (C=O) groups excluding carboxylic acids is 1. The Labute approximate surface area is 202 Å². The minimum Gasteiger partial charge on any atom is -0.399 e. The lowest BCUT2D eigenvalue weighted by molar-refractivity contribution is 0.103. The summed E-state index contributed by atoms with van der Waals surface area (Å²) in [6, 6.07) is 13.1. The fourth-order valence-corrected chi connectivity index (χ4v) is 2.31. The van der Waals surface area contributed by atoms with Gasteiger partial charge in [-0.05, 0) is 42.7 Å². The lowest BCUT2D eigenvalue weighted by Crippen LogP contribution is -2.08. The predicted octanol–water partition coefficient (Wildman–Crippen LogP) is 10.3. The molecular weight excluding hydrogens is 390 g/mol. The topological polar surface area (TPSA) is 43.1 Å². The minimum atomic E-state index is 0.0282. The SMILES string of the molecule is C=C(C)c1cc(N)ccc1C(=O)c1ccccc1CC.CC.CC.CC.CC.CC.CC. The van der Waals surface area contributed by atoms with Gasteiger partial charge in [-0.3, -0.25) is 4.79 Å². The molecule has 0 aromatic heterocycles. The molecule has 0 spiro atoms.